The number of ether oxygens (including phenoxy) is 1. The van der Waals surface area contributed by atoms with Gasteiger partial charge in [-0.05, 0) is 35.7 Å². The number of hydrogen-bond acceptors (Lipinski definition) is 2. The standard InChI is InChI=1S/C22H26N2O2/c1-3-4-13-23-22(25)14-19(16-9-11-17(26-2)12-10-16)20-15-24-21-8-6-5-7-18(20)21/h5-12,15,19,24H,3-4,13-14H2,1-2H3,(H,23,25)/t19-/m1/s1. The number of unbranched alkanes of at least 4 members (excludes halogenated alkanes) is 1. The van der Waals surface area contributed by atoms with Crippen LogP contribution in [0.15, 0.2) is 54.7 Å². The normalized spacial score (nSPS) is 12.1. The summed E-state index contributed by atoms with van der Waals surface area (Å²) in [6, 6.07) is 16.2. The van der Waals surface area contributed by atoms with E-state index in [1.807, 2.05) is 42.6 Å². The van der Waals surface area contributed by atoms with Crippen molar-refractivity contribution in [3.63, 3.8) is 0 Å². The van der Waals surface area contributed by atoms with E-state index < -0.39 is 0 Å². The molecule has 1 aromatic heterocycles. The van der Waals surface area contributed by atoms with Gasteiger partial charge in [0.25, 0.3) is 0 Å². The molecule has 4 nitrogen and oxygen atoms in total. The summed E-state index contributed by atoms with van der Waals surface area (Å²) in [5.41, 5.74) is 3.35. The number of rotatable bonds is 8. The molecule has 0 fully saturated rings. The van der Waals surface area contributed by atoms with Crippen LogP contribution >= 0.6 is 0 Å². The number of amides is 1. The van der Waals surface area contributed by atoms with Gasteiger partial charge in [-0.25, -0.2) is 0 Å². The molecule has 0 aliphatic rings. The Morgan fingerprint density at radius 3 is 2.65 bits per heavy atom. The van der Waals surface area contributed by atoms with Crippen molar-refractivity contribution < 1.29 is 9.53 Å². The molecule has 26 heavy (non-hydrogen) atoms. The van der Waals surface area contributed by atoms with Crippen molar-refractivity contribution in [2.24, 2.45) is 0 Å². The van der Waals surface area contributed by atoms with E-state index in [1.165, 1.54) is 0 Å². The van der Waals surface area contributed by atoms with Crippen LogP contribution in [0.2, 0.25) is 0 Å². The third kappa shape index (κ3) is 4.07. The van der Waals surface area contributed by atoms with E-state index in [9.17, 15) is 4.79 Å². The van der Waals surface area contributed by atoms with Gasteiger partial charge in [0.2, 0.25) is 5.91 Å². The molecule has 1 heterocycles. The molecule has 136 valence electrons. The lowest BCUT2D eigenvalue weighted by Gasteiger charge is -2.17. The van der Waals surface area contributed by atoms with Gasteiger partial charge in [0, 0.05) is 36.0 Å². The first-order chi connectivity index (χ1) is 12.7. The Kier molecular flexibility index (Phi) is 5.95. The van der Waals surface area contributed by atoms with Crippen LogP contribution in [0.5, 0.6) is 5.75 Å². The molecule has 1 amide bonds. The van der Waals surface area contributed by atoms with Crippen molar-refractivity contribution in [1.82, 2.24) is 10.3 Å². The zero-order chi connectivity index (χ0) is 18.4. The highest BCUT2D eigenvalue weighted by Crippen LogP contribution is 2.34. The molecule has 4 heteroatoms. The van der Waals surface area contributed by atoms with Crippen LogP contribution in [0.4, 0.5) is 0 Å². The summed E-state index contributed by atoms with van der Waals surface area (Å²) >= 11 is 0. The molecule has 1 atom stereocenters. The number of methoxy groups -OCH3 is 1. The first-order valence-corrected chi connectivity index (χ1v) is 9.19. The number of H-pyrrole nitrogens is 1. The van der Waals surface area contributed by atoms with Gasteiger partial charge in [0.1, 0.15) is 5.75 Å². The van der Waals surface area contributed by atoms with Crippen LogP contribution < -0.4 is 10.1 Å². The van der Waals surface area contributed by atoms with E-state index in [2.05, 4.69) is 29.4 Å². The van der Waals surface area contributed by atoms with E-state index in [1.54, 1.807) is 7.11 Å². The van der Waals surface area contributed by atoms with E-state index >= 15 is 0 Å². The SMILES string of the molecule is CCCCNC(=O)C[C@H](c1ccc(OC)cc1)c1c[nH]c2ccccc12. The van der Waals surface area contributed by atoms with Crippen LogP contribution in [0.3, 0.4) is 0 Å². The van der Waals surface area contributed by atoms with Crippen molar-refractivity contribution in [3.05, 3.63) is 65.9 Å². The minimum atomic E-state index is -0.00122. The van der Waals surface area contributed by atoms with Crippen LogP contribution in [-0.4, -0.2) is 24.5 Å². The number of hydrogen-bond donors (Lipinski definition) is 2. The third-order valence-corrected chi connectivity index (χ3v) is 4.76. The average Bonchev–Trinajstić information content (AvgIpc) is 3.10. The van der Waals surface area contributed by atoms with Crippen LogP contribution in [-0.2, 0) is 4.79 Å². The largest absolute Gasteiger partial charge is 0.497 e. The second-order valence-electron chi connectivity index (χ2n) is 6.52. The minimum absolute atomic E-state index is 0.00122. The molecule has 2 aromatic carbocycles. The van der Waals surface area contributed by atoms with Crippen molar-refractivity contribution in [2.45, 2.75) is 32.1 Å². The molecular weight excluding hydrogens is 324 g/mol. The highest BCUT2D eigenvalue weighted by molar-refractivity contribution is 5.86. The van der Waals surface area contributed by atoms with Gasteiger partial charge in [-0.2, -0.15) is 0 Å². The maximum Gasteiger partial charge on any atom is 0.220 e. The first-order valence-electron chi connectivity index (χ1n) is 9.19. The maximum absolute atomic E-state index is 12.5. The van der Waals surface area contributed by atoms with Crippen LogP contribution in [0.25, 0.3) is 10.9 Å². The van der Waals surface area contributed by atoms with Gasteiger partial charge in [0.15, 0.2) is 0 Å². The Morgan fingerprint density at radius 2 is 1.92 bits per heavy atom. The molecule has 2 N–H and O–H groups in total. The zero-order valence-electron chi connectivity index (χ0n) is 15.4. The predicted molar refractivity (Wildman–Crippen MR) is 106 cm³/mol. The summed E-state index contributed by atoms with van der Waals surface area (Å²) in [6.45, 7) is 2.86. The number of para-hydroxylation sites is 1. The van der Waals surface area contributed by atoms with Gasteiger partial charge in [-0.1, -0.05) is 43.7 Å². The number of fused-ring (bicyclic) bond motifs is 1. The fraction of sp³-hybridized carbons (Fsp3) is 0.318. The Balaban J connectivity index is 1.91. The number of aromatic amines is 1. The van der Waals surface area contributed by atoms with E-state index in [4.69, 9.17) is 4.74 Å². The number of aromatic nitrogens is 1. The van der Waals surface area contributed by atoms with E-state index in [0.29, 0.717) is 6.42 Å². The van der Waals surface area contributed by atoms with Crippen molar-refractivity contribution in [1.29, 1.82) is 0 Å². The monoisotopic (exact) mass is 350 g/mol. The Morgan fingerprint density at radius 1 is 1.15 bits per heavy atom. The van der Waals surface area contributed by atoms with Crippen LogP contribution in [0.1, 0.15) is 43.2 Å². The molecule has 0 spiro atoms. The molecule has 0 saturated carbocycles. The fourth-order valence-electron chi connectivity index (χ4n) is 3.29. The highest BCUT2D eigenvalue weighted by Gasteiger charge is 2.21. The lowest BCUT2D eigenvalue weighted by atomic mass is 9.88. The number of nitrogens with one attached hydrogen (secondary N) is 2. The summed E-state index contributed by atoms with van der Waals surface area (Å²) in [4.78, 5) is 15.8. The Bertz CT molecular complexity index is 852. The number of carbonyl (C=O) groups is 1. The van der Waals surface area contributed by atoms with Gasteiger partial charge >= 0.3 is 0 Å². The highest BCUT2D eigenvalue weighted by atomic mass is 16.5. The number of carbonyl (C=O) groups excluding carboxylic acids is 1. The second-order valence-corrected chi connectivity index (χ2v) is 6.52. The third-order valence-electron chi connectivity index (χ3n) is 4.76. The first kappa shape index (κ1) is 18.1. The topological polar surface area (TPSA) is 54.1 Å². The molecule has 3 aromatic rings. The van der Waals surface area contributed by atoms with Gasteiger partial charge in [-0.15, -0.1) is 0 Å². The molecule has 0 radical (unpaired) electrons. The molecule has 0 bridgehead atoms. The van der Waals surface area contributed by atoms with Crippen LogP contribution in [0, 0.1) is 0 Å². The maximum atomic E-state index is 12.5. The molecule has 0 aliphatic carbocycles. The molecule has 3 rings (SSSR count). The molecule has 0 saturated heterocycles. The van der Waals surface area contributed by atoms with Crippen molar-refractivity contribution in [2.75, 3.05) is 13.7 Å². The summed E-state index contributed by atoms with van der Waals surface area (Å²) < 4.78 is 5.27. The summed E-state index contributed by atoms with van der Waals surface area (Å²) in [6.07, 6.45) is 4.54. The van der Waals surface area contributed by atoms with Gasteiger partial charge in [0.05, 0.1) is 7.11 Å². The van der Waals surface area contributed by atoms with E-state index in [-0.39, 0.29) is 11.8 Å². The zero-order valence-corrected chi connectivity index (χ0v) is 15.4. The predicted octanol–water partition coefficient (Wildman–Crippen LogP) is 4.61. The lowest BCUT2D eigenvalue weighted by molar-refractivity contribution is -0.121. The van der Waals surface area contributed by atoms with Gasteiger partial charge in [-0.3, -0.25) is 4.79 Å². The quantitative estimate of drug-likeness (QED) is 0.583. The average molecular weight is 350 g/mol. The summed E-state index contributed by atoms with van der Waals surface area (Å²) in [5.74, 6) is 0.905. The summed E-state index contributed by atoms with van der Waals surface area (Å²) in [5, 5.41) is 4.20. The summed E-state index contributed by atoms with van der Waals surface area (Å²) in [7, 11) is 1.66. The molecule has 0 unspecified atom stereocenters. The second kappa shape index (κ2) is 8.56. The Labute approximate surface area is 154 Å². The van der Waals surface area contributed by atoms with E-state index in [0.717, 1.165) is 47.2 Å². The molecule has 0 aliphatic heterocycles. The fourth-order valence-corrected chi connectivity index (χ4v) is 3.29. The van der Waals surface area contributed by atoms with Crippen molar-refractivity contribution >= 4 is 16.8 Å². The minimum Gasteiger partial charge on any atom is -0.497 e. The van der Waals surface area contributed by atoms with Gasteiger partial charge < -0.3 is 15.0 Å². The number of benzene rings is 2. The molecular formula is C22H26N2O2. The van der Waals surface area contributed by atoms with Crippen molar-refractivity contribution in [3.8, 4) is 5.75 Å². The lowest BCUT2D eigenvalue weighted by Crippen LogP contribution is -2.26. The smallest absolute Gasteiger partial charge is 0.220 e. The Hall–Kier alpha value is -2.75.